The molecule has 0 radical (unpaired) electrons. The van der Waals surface area contributed by atoms with E-state index in [-0.39, 0.29) is 17.0 Å². The van der Waals surface area contributed by atoms with Gasteiger partial charge in [-0.3, -0.25) is 4.79 Å². The highest BCUT2D eigenvalue weighted by molar-refractivity contribution is 5.99. The molecule has 2 rings (SSSR count). The number of Topliss-reactive ketones (excluding diaryl/α,β-unsaturated/α-hetero) is 1. The van der Waals surface area contributed by atoms with Crippen molar-refractivity contribution < 1.29 is 18.0 Å². The summed E-state index contributed by atoms with van der Waals surface area (Å²) in [5.41, 5.74) is 0.590. The van der Waals surface area contributed by atoms with Gasteiger partial charge >= 0.3 is 6.18 Å². The Balaban J connectivity index is 2.29. The quantitative estimate of drug-likeness (QED) is 0.840. The Morgan fingerprint density at radius 3 is 2.33 bits per heavy atom. The largest absolute Gasteiger partial charge is 0.416 e. The molecule has 5 heteroatoms. The van der Waals surface area contributed by atoms with Gasteiger partial charge in [0.1, 0.15) is 0 Å². The van der Waals surface area contributed by atoms with Crippen molar-refractivity contribution in [1.29, 1.82) is 0 Å². The number of ketones is 1. The first kappa shape index (κ1) is 15.1. The molecule has 0 saturated carbocycles. The van der Waals surface area contributed by atoms with Crippen LogP contribution in [0.5, 0.6) is 0 Å². The van der Waals surface area contributed by atoms with E-state index in [0.717, 1.165) is 17.7 Å². The Bertz CT molecular complexity index is 636. The number of benzene rings is 2. The molecule has 0 atom stereocenters. The second kappa shape index (κ2) is 5.99. The van der Waals surface area contributed by atoms with Crippen molar-refractivity contribution in [1.82, 2.24) is 0 Å². The Morgan fingerprint density at radius 2 is 1.76 bits per heavy atom. The standard InChI is InChI=1S/C16H14F3NO/c1-11(21)14-8-7-13(16(17,18)19)9-15(14)20-10-12-5-3-2-4-6-12/h2-9,20H,10H2,1H3. The summed E-state index contributed by atoms with van der Waals surface area (Å²) in [6, 6.07) is 12.4. The zero-order valence-corrected chi connectivity index (χ0v) is 11.4. The third kappa shape index (κ3) is 3.84. The van der Waals surface area contributed by atoms with Gasteiger partial charge in [-0.05, 0) is 30.7 Å². The maximum atomic E-state index is 12.8. The van der Waals surface area contributed by atoms with E-state index in [4.69, 9.17) is 0 Å². The van der Waals surface area contributed by atoms with E-state index in [1.807, 2.05) is 30.3 Å². The Hall–Kier alpha value is -2.30. The number of alkyl halides is 3. The third-order valence-electron chi connectivity index (χ3n) is 3.05. The van der Waals surface area contributed by atoms with Crippen molar-refractivity contribution in [2.45, 2.75) is 19.6 Å². The van der Waals surface area contributed by atoms with E-state index >= 15 is 0 Å². The monoisotopic (exact) mass is 293 g/mol. The number of carbonyl (C=O) groups excluding carboxylic acids is 1. The molecule has 0 unspecified atom stereocenters. The maximum Gasteiger partial charge on any atom is 0.416 e. The molecule has 0 bridgehead atoms. The number of hydrogen-bond donors (Lipinski definition) is 1. The number of halogens is 3. The molecule has 1 N–H and O–H groups in total. The van der Waals surface area contributed by atoms with E-state index in [2.05, 4.69) is 5.32 Å². The van der Waals surface area contributed by atoms with E-state index in [9.17, 15) is 18.0 Å². The van der Waals surface area contributed by atoms with Gasteiger partial charge in [-0.1, -0.05) is 30.3 Å². The summed E-state index contributed by atoms with van der Waals surface area (Å²) in [5, 5.41) is 2.90. The van der Waals surface area contributed by atoms with Crippen molar-refractivity contribution in [3.05, 3.63) is 65.2 Å². The highest BCUT2D eigenvalue weighted by atomic mass is 19.4. The zero-order valence-electron chi connectivity index (χ0n) is 11.4. The fourth-order valence-corrected chi connectivity index (χ4v) is 1.97. The molecule has 0 heterocycles. The molecule has 0 spiro atoms. The molecule has 0 aromatic heterocycles. The van der Waals surface area contributed by atoms with Gasteiger partial charge in [-0.25, -0.2) is 0 Å². The fourth-order valence-electron chi connectivity index (χ4n) is 1.97. The average molecular weight is 293 g/mol. The smallest absolute Gasteiger partial charge is 0.380 e. The topological polar surface area (TPSA) is 29.1 Å². The summed E-state index contributed by atoms with van der Waals surface area (Å²) in [6.07, 6.45) is -4.43. The summed E-state index contributed by atoms with van der Waals surface area (Å²) < 4.78 is 38.3. The lowest BCUT2D eigenvalue weighted by atomic mass is 10.1. The zero-order chi connectivity index (χ0) is 15.5. The van der Waals surface area contributed by atoms with Crippen LogP contribution in [0.1, 0.15) is 28.4 Å². The minimum absolute atomic E-state index is 0.196. The van der Waals surface area contributed by atoms with Crippen LogP contribution >= 0.6 is 0 Å². The van der Waals surface area contributed by atoms with Gasteiger partial charge < -0.3 is 5.32 Å². The number of nitrogens with one attached hydrogen (secondary N) is 1. The number of rotatable bonds is 4. The van der Waals surface area contributed by atoms with Crippen molar-refractivity contribution >= 4 is 11.5 Å². The summed E-state index contributed by atoms with van der Waals surface area (Å²) in [7, 11) is 0. The maximum absolute atomic E-state index is 12.8. The van der Waals surface area contributed by atoms with Crippen LogP contribution in [0.3, 0.4) is 0 Å². The predicted molar refractivity (Wildman–Crippen MR) is 75.2 cm³/mol. The molecular weight excluding hydrogens is 279 g/mol. The van der Waals surface area contributed by atoms with Crippen LogP contribution in [0, 0.1) is 0 Å². The first-order valence-corrected chi connectivity index (χ1v) is 6.38. The van der Waals surface area contributed by atoms with E-state index < -0.39 is 11.7 Å². The normalized spacial score (nSPS) is 11.2. The highest BCUT2D eigenvalue weighted by Crippen LogP contribution is 2.32. The lowest BCUT2D eigenvalue weighted by molar-refractivity contribution is -0.137. The Labute approximate surface area is 120 Å². The lowest BCUT2D eigenvalue weighted by Crippen LogP contribution is -2.10. The summed E-state index contributed by atoms with van der Waals surface area (Å²) >= 11 is 0. The van der Waals surface area contributed by atoms with Gasteiger partial charge in [0.15, 0.2) is 5.78 Å². The number of hydrogen-bond acceptors (Lipinski definition) is 2. The molecular formula is C16H14F3NO. The Kier molecular flexibility index (Phi) is 4.31. The van der Waals surface area contributed by atoms with Crippen molar-refractivity contribution in [2.75, 3.05) is 5.32 Å². The van der Waals surface area contributed by atoms with Gasteiger partial charge in [0.05, 0.1) is 5.56 Å². The van der Waals surface area contributed by atoms with Crippen molar-refractivity contribution in [3.63, 3.8) is 0 Å². The second-order valence-electron chi connectivity index (χ2n) is 4.65. The molecule has 0 aliphatic carbocycles. The molecule has 0 aliphatic heterocycles. The van der Waals surface area contributed by atoms with Crippen LogP contribution in [0.4, 0.5) is 18.9 Å². The first-order chi connectivity index (χ1) is 9.88. The van der Waals surface area contributed by atoms with Gasteiger partial charge in [0, 0.05) is 17.8 Å². The van der Waals surface area contributed by atoms with E-state index in [0.29, 0.717) is 6.54 Å². The highest BCUT2D eigenvalue weighted by Gasteiger charge is 2.31. The number of anilines is 1. The molecule has 2 nitrogen and oxygen atoms in total. The molecule has 0 saturated heterocycles. The van der Waals surface area contributed by atoms with Gasteiger partial charge in [-0.15, -0.1) is 0 Å². The van der Waals surface area contributed by atoms with Gasteiger partial charge in [-0.2, -0.15) is 13.2 Å². The molecule has 0 aliphatic rings. The molecule has 110 valence electrons. The van der Waals surface area contributed by atoms with Crippen molar-refractivity contribution in [3.8, 4) is 0 Å². The van der Waals surface area contributed by atoms with Crippen LogP contribution in [-0.2, 0) is 12.7 Å². The summed E-state index contributed by atoms with van der Waals surface area (Å²) in [6.45, 7) is 1.68. The van der Waals surface area contributed by atoms with Crippen molar-refractivity contribution in [2.24, 2.45) is 0 Å². The summed E-state index contributed by atoms with van der Waals surface area (Å²) in [5.74, 6) is -0.278. The lowest BCUT2D eigenvalue weighted by Gasteiger charge is -2.14. The third-order valence-corrected chi connectivity index (χ3v) is 3.05. The fraction of sp³-hybridized carbons (Fsp3) is 0.188. The predicted octanol–water partition coefficient (Wildman–Crippen LogP) is 4.52. The number of carbonyl (C=O) groups is 1. The van der Waals surface area contributed by atoms with E-state index in [1.165, 1.54) is 13.0 Å². The SMILES string of the molecule is CC(=O)c1ccc(C(F)(F)F)cc1NCc1ccccc1. The molecule has 21 heavy (non-hydrogen) atoms. The first-order valence-electron chi connectivity index (χ1n) is 6.38. The Morgan fingerprint density at radius 1 is 1.10 bits per heavy atom. The van der Waals surface area contributed by atoms with Gasteiger partial charge in [0.25, 0.3) is 0 Å². The minimum atomic E-state index is -4.43. The van der Waals surface area contributed by atoms with Gasteiger partial charge in [0.2, 0.25) is 0 Å². The van der Waals surface area contributed by atoms with Crippen LogP contribution in [0.2, 0.25) is 0 Å². The molecule has 2 aromatic carbocycles. The van der Waals surface area contributed by atoms with Crippen LogP contribution in [0.25, 0.3) is 0 Å². The van der Waals surface area contributed by atoms with E-state index in [1.54, 1.807) is 0 Å². The van der Waals surface area contributed by atoms with Crippen LogP contribution in [-0.4, -0.2) is 5.78 Å². The van der Waals surface area contributed by atoms with Crippen LogP contribution < -0.4 is 5.32 Å². The second-order valence-corrected chi connectivity index (χ2v) is 4.65. The summed E-state index contributed by atoms with van der Waals surface area (Å²) in [4.78, 5) is 11.5. The molecule has 2 aromatic rings. The average Bonchev–Trinajstić information content (AvgIpc) is 2.45. The minimum Gasteiger partial charge on any atom is -0.380 e. The van der Waals surface area contributed by atoms with Crippen LogP contribution in [0.15, 0.2) is 48.5 Å². The molecule has 0 amide bonds. The molecule has 0 fully saturated rings.